The molecule has 1 amide bonds. The summed E-state index contributed by atoms with van der Waals surface area (Å²) in [7, 11) is 0. The second kappa shape index (κ2) is 6.96. The summed E-state index contributed by atoms with van der Waals surface area (Å²) >= 11 is 0. The van der Waals surface area contributed by atoms with Gasteiger partial charge < -0.3 is 14.2 Å². The minimum absolute atomic E-state index is 0.0300. The zero-order valence-electron chi connectivity index (χ0n) is 15.7. The van der Waals surface area contributed by atoms with Crippen LogP contribution < -0.4 is 0 Å². The highest BCUT2D eigenvalue weighted by Crippen LogP contribution is 2.43. The summed E-state index contributed by atoms with van der Waals surface area (Å²) in [6, 6.07) is 10.2. The Hall–Kier alpha value is -1.59. The quantitative estimate of drug-likeness (QED) is 0.835. The highest BCUT2D eigenvalue weighted by molar-refractivity contribution is 5.70. The largest absolute Gasteiger partial charge is 0.444 e. The van der Waals surface area contributed by atoms with Crippen LogP contribution in [-0.4, -0.2) is 47.5 Å². The fourth-order valence-corrected chi connectivity index (χ4v) is 3.50. The summed E-state index contributed by atoms with van der Waals surface area (Å²) in [6.07, 6.45) is 1.53. The molecule has 5 heteroatoms. The summed E-state index contributed by atoms with van der Waals surface area (Å²) in [5, 5.41) is 0. The van der Waals surface area contributed by atoms with E-state index in [0.717, 1.165) is 12.8 Å². The molecule has 25 heavy (non-hydrogen) atoms. The van der Waals surface area contributed by atoms with Gasteiger partial charge in [-0.05, 0) is 46.1 Å². The maximum absolute atomic E-state index is 12.7. The Balaban J connectivity index is 1.59. The average molecular weight is 347 g/mol. The van der Waals surface area contributed by atoms with E-state index in [2.05, 4.69) is 12.1 Å². The molecule has 1 saturated carbocycles. The van der Waals surface area contributed by atoms with Crippen molar-refractivity contribution >= 4 is 6.09 Å². The molecule has 5 nitrogen and oxygen atoms in total. The zero-order chi connectivity index (χ0) is 18.1. The lowest BCUT2D eigenvalue weighted by molar-refractivity contribution is -0.178. The van der Waals surface area contributed by atoms with Crippen molar-refractivity contribution in [2.24, 2.45) is 0 Å². The Morgan fingerprint density at radius 2 is 1.96 bits per heavy atom. The molecule has 0 bridgehead atoms. The fraction of sp³-hybridized carbons (Fsp3) is 0.650. The van der Waals surface area contributed by atoms with Crippen LogP contribution >= 0.6 is 0 Å². The highest BCUT2D eigenvalue weighted by Gasteiger charge is 2.54. The summed E-state index contributed by atoms with van der Waals surface area (Å²) in [5.74, 6) is 0. The van der Waals surface area contributed by atoms with Crippen molar-refractivity contribution < 1.29 is 19.0 Å². The average Bonchev–Trinajstić information content (AvgIpc) is 2.51. The number of carbonyl (C=O) groups is 1. The van der Waals surface area contributed by atoms with E-state index < -0.39 is 5.60 Å². The van der Waals surface area contributed by atoms with Gasteiger partial charge in [-0.3, -0.25) is 4.90 Å². The van der Waals surface area contributed by atoms with Crippen LogP contribution in [0.2, 0.25) is 0 Å². The lowest BCUT2D eigenvalue weighted by atomic mass is 9.72. The number of hydrogen-bond acceptors (Lipinski definition) is 4. The van der Waals surface area contributed by atoms with E-state index in [-0.39, 0.29) is 23.8 Å². The second-order valence-corrected chi connectivity index (χ2v) is 8.26. The Morgan fingerprint density at radius 3 is 2.60 bits per heavy atom. The lowest BCUT2D eigenvalue weighted by Gasteiger charge is -2.56. The van der Waals surface area contributed by atoms with E-state index in [1.807, 2.05) is 50.8 Å². The number of rotatable bonds is 3. The van der Waals surface area contributed by atoms with Gasteiger partial charge in [0, 0.05) is 0 Å². The second-order valence-electron chi connectivity index (χ2n) is 8.26. The molecule has 2 fully saturated rings. The molecule has 1 aliphatic carbocycles. The number of nitrogens with zero attached hydrogens (tertiary/aromatic N) is 1. The van der Waals surface area contributed by atoms with Crippen LogP contribution in [0, 0.1) is 0 Å². The van der Waals surface area contributed by atoms with E-state index in [1.54, 1.807) is 0 Å². The molecule has 3 rings (SSSR count). The predicted molar refractivity (Wildman–Crippen MR) is 95.3 cm³/mol. The van der Waals surface area contributed by atoms with Crippen molar-refractivity contribution in [3.8, 4) is 0 Å². The number of hydrogen-bond donors (Lipinski definition) is 0. The number of benzene rings is 1. The topological polar surface area (TPSA) is 48.0 Å². The Morgan fingerprint density at radius 1 is 1.28 bits per heavy atom. The summed E-state index contributed by atoms with van der Waals surface area (Å²) in [6.45, 7) is 9.41. The van der Waals surface area contributed by atoms with Crippen molar-refractivity contribution in [1.29, 1.82) is 0 Å². The lowest BCUT2D eigenvalue weighted by Crippen LogP contribution is -2.68. The van der Waals surface area contributed by atoms with E-state index in [0.29, 0.717) is 19.8 Å². The molecule has 0 radical (unpaired) electrons. The SMILES string of the molecule is C[C@H]1CN(C(=O)OC(C)(C)C)C2(CO1)CC(OCc1ccccc1)C2. The molecule has 1 atom stereocenters. The van der Waals surface area contributed by atoms with Gasteiger partial charge in [-0.15, -0.1) is 0 Å². The maximum Gasteiger partial charge on any atom is 0.410 e. The predicted octanol–water partition coefficient (Wildman–Crippen LogP) is 3.76. The van der Waals surface area contributed by atoms with Crippen molar-refractivity contribution in [3.63, 3.8) is 0 Å². The van der Waals surface area contributed by atoms with Gasteiger partial charge in [0.2, 0.25) is 0 Å². The van der Waals surface area contributed by atoms with Gasteiger partial charge in [0.25, 0.3) is 0 Å². The third-order valence-corrected chi connectivity index (χ3v) is 4.81. The van der Waals surface area contributed by atoms with E-state index >= 15 is 0 Å². The van der Waals surface area contributed by atoms with Crippen molar-refractivity contribution in [1.82, 2.24) is 4.90 Å². The van der Waals surface area contributed by atoms with Gasteiger partial charge in [0.05, 0.1) is 37.5 Å². The molecule has 0 unspecified atom stereocenters. The van der Waals surface area contributed by atoms with Crippen molar-refractivity contribution in [2.75, 3.05) is 13.2 Å². The fourth-order valence-electron chi connectivity index (χ4n) is 3.50. The van der Waals surface area contributed by atoms with Crippen molar-refractivity contribution in [3.05, 3.63) is 35.9 Å². The van der Waals surface area contributed by atoms with Crippen molar-refractivity contribution in [2.45, 2.75) is 70.5 Å². The highest BCUT2D eigenvalue weighted by atomic mass is 16.6. The molecule has 138 valence electrons. The number of carbonyl (C=O) groups excluding carboxylic acids is 1. The third-order valence-electron chi connectivity index (χ3n) is 4.81. The van der Waals surface area contributed by atoms with Gasteiger partial charge in [-0.2, -0.15) is 0 Å². The molecular weight excluding hydrogens is 318 g/mol. The molecule has 1 aromatic rings. The molecule has 1 aliphatic heterocycles. The molecule has 2 aliphatic rings. The maximum atomic E-state index is 12.7. The summed E-state index contributed by atoms with van der Waals surface area (Å²) in [5.41, 5.74) is 0.393. The van der Waals surface area contributed by atoms with E-state index in [9.17, 15) is 4.79 Å². The van der Waals surface area contributed by atoms with Gasteiger partial charge in [-0.1, -0.05) is 30.3 Å². The van der Waals surface area contributed by atoms with Crippen LogP contribution in [0.1, 0.15) is 46.1 Å². The molecule has 1 heterocycles. The van der Waals surface area contributed by atoms with Crippen LogP contribution in [0.25, 0.3) is 0 Å². The van der Waals surface area contributed by atoms with Crippen LogP contribution in [0.15, 0.2) is 30.3 Å². The molecule has 1 aromatic carbocycles. The van der Waals surface area contributed by atoms with Crippen LogP contribution in [0.4, 0.5) is 4.79 Å². The Kier molecular flexibility index (Phi) is 5.07. The molecule has 1 spiro atoms. The first-order valence-electron chi connectivity index (χ1n) is 9.05. The van der Waals surface area contributed by atoms with E-state index in [4.69, 9.17) is 14.2 Å². The Labute approximate surface area is 150 Å². The first-order valence-corrected chi connectivity index (χ1v) is 9.05. The van der Waals surface area contributed by atoms with Gasteiger partial charge in [0.1, 0.15) is 5.60 Å². The minimum Gasteiger partial charge on any atom is -0.444 e. The molecule has 1 saturated heterocycles. The molecule has 0 aromatic heterocycles. The molecular formula is C20H29NO4. The van der Waals surface area contributed by atoms with Crippen LogP contribution in [0.3, 0.4) is 0 Å². The Bertz CT molecular complexity index is 589. The van der Waals surface area contributed by atoms with Crippen LogP contribution in [0.5, 0.6) is 0 Å². The minimum atomic E-state index is -0.493. The monoisotopic (exact) mass is 347 g/mol. The smallest absolute Gasteiger partial charge is 0.410 e. The first kappa shape index (κ1) is 18.2. The summed E-state index contributed by atoms with van der Waals surface area (Å²) < 4.78 is 17.5. The summed E-state index contributed by atoms with van der Waals surface area (Å²) in [4.78, 5) is 14.5. The standard InChI is InChI=1S/C20H29NO4/c1-15-12-21(18(22)25-19(2,3)4)20(14-24-15)10-17(11-20)23-13-16-8-6-5-7-9-16/h5-9,15,17H,10-14H2,1-4H3/t15-,17?,20?/m0/s1. The molecule has 0 N–H and O–H groups in total. The first-order chi connectivity index (χ1) is 11.8. The third kappa shape index (κ3) is 4.33. The van der Waals surface area contributed by atoms with Gasteiger partial charge >= 0.3 is 6.09 Å². The van der Waals surface area contributed by atoms with E-state index in [1.165, 1.54) is 5.56 Å². The number of morpholine rings is 1. The zero-order valence-corrected chi connectivity index (χ0v) is 15.7. The van der Waals surface area contributed by atoms with Gasteiger partial charge in [0.15, 0.2) is 0 Å². The van der Waals surface area contributed by atoms with Crippen LogP contribution in [-0.2, 0) is 20.8 Å². The van der Waals surface area contributed by atoms with Gasteiger partial charge in [-0.25, -0.2) is 4.79 Å². The normalized spacial score (nSPS) is 29.4. The number of amides is 1. The number of ether oxygens (including phenoxy) is 3.